The first-order valence-electron chi connectivity index (χ1n) is 5.88. The van der Waals surface area contributed by atoms with Crippen molar-refractivity contribution in [3.05, 3.63) is 50.7 Å². The molecular formula is C14H13BrClN3S. The Balaban J connectivity index is 2.47. The van der Waals surface area contributed by atoms with E-state index < -0.39 is 0 Å². The molecule has 3 N–H and O–H groups in total. The molecule has 0 unspecified atom stereocenters. The van der Waals surface area contributed by atoms with Crippen LogP contribution in [0.2, 0.25) is 5.02 Å². The van der Waals surface area contributed by atoms with Gasteiger partial charge < -0.3 is 11.1 Å². The molecule has 20 heavy (non-hydrogen) atoms. The van der Waals surface area contributed by atoms with E-state index >= 15 is 0 Å². The minimum absolute atomic E-state index is 0.320. The van der Waals surface area contributed by atoms with Crippen LogP contribution in [0.15, 0.2) is 28.7 Å². The molecule has 0 aliphatic heterocycles. The Morgan fingerprint density at radius 3 is 2.65 bits per heavy atom. The van der Waals surface area contributed by atoms with Gasteiger partial charge in [-0.2, -0.15) is 0 Å². The van der Waals surface area contributed by atoms with E-state index in [9.17, 15) is 0 Å². The molecule has 1 aromatic carbocycles. The summed E-state index contributed by atoms with van der Waals surface area (Å²) >= 11 is 14.6. The number of nitrogens with one attached hydrogen (secondary N) is 1. The fourth-order valence-corrected chi connectivity index (χ4v) is 2.65. The number of nitrogens with two attached hydrogens (primary N) is 1. The third-order valence-corrected chi connectivity index (χ3v) is 4.21. The summed E-state index contributed by atoms with van der Waals surface area (Å²) in [7, 11) is 0. The molecule has 104 valence electrons. The Morgan fingerprint density at radius 1 is 1.35 bits per heavy atom. The molecule has 2 rings (SSSR count). The lowest BCUT2D eigenvalue weighted by atomic mass is 10.1. The van der Waals surface area contributed by atoms with E-state index in [1.807, 2.05) is 38.1 Å². The van der Waals surface area contributed by atoms with Crippen LogP contribution in [0.4, 0.5) is 11.4 Å². The van der Waals surface area contributed by atoms with E-state index in [0.717, 1.165) is 32.8 Å². The molecule has 0 radical (unpaired) electrons. The van der Waals surface area contributed by atoms with Crippen molar-refractivity contribution in [3.8, 4) is 0 Å². The topological polar surface area (TPSA) is 50.9 Å². The molecule has 0 bridgehead atoms. The van der Waals surface area contributed by atoms with Gasteiger partial charge in [0.25, 0.3) is 0 Å². The predicted octanol–water partition coefficient (Wildman–Crippen LogP) is 4.49. The number of aryl methyl sites for hydroxylation is 2. The van der Waals surface area contributed by atoms with Gasteiger partial charge in [0, 0.05) is 21.5 Å². The summed E-state index contributed by atoms with van der Waals surface area (Å²) in [6.45, 7) is 3.82. The lowest BCUT2D eigenvalue weighted by Gasteiger charge is -2.14. The molecule has 1 aromatic heterocycles. The van der Waals surface area contributed by atoms with Crippen LogP contribution in [0.1, 0.15) is 17.0 Å². The Kier molecular flexibility index (Phi) is 4.62. The molecule has 0 saturated heterocycles. The molecule has 0 aliphatic rings. The lowest BCUT2D eigenvalue weighted by molar-refractivity contribution is 1.12. The van der Waals surface area contributed by atoms with Crippen LogP contribution >= 0.6 is 39.7 Å². The highest BCUT2D eigenvalue weighted by molar-refractivity contribution is 9.10. The van der Waals surface area contributed by atoms with E-state index in [2.05, 4.69) is 26.2 Å². The number of pyridine rings is 1. The van der Waals surface area contributed by atoms with Crippen molar-refractivity contribution in [2.45, 2.75) is 13.8 Å². The molecule has 0 spiro atoms. The zero-order valence-electron chi connectivity index (χ0n) is 11.0. The van der Waals surface area contributed by atoms with Crippen molar-refractivity contribution in [3.63, 3.8) is 0 Å². The summed E-state index contributed by atoms with van der Waals surface area (Å²) < 4.78 is 0.848. The summed E-state index contributed by atoms with van der Waals surface area (Å²) in [5.41, 5.74) is 9.95. The summed E-state index contributed by atoms with van der Waals surface area (Å²) in [6, 6.07) is 7.55. The average molecular weight is 371 g/mol. The van der Waals surface area contributed by atoms with Crippen molar-refractivity contribution in [1.29, 1.82) is 0 Å². The third kappa shape index (κ3) is 3.29. The van der Waals surface area contributed by atoms with Gasteiger partial charge in [-0.25, -0.2) is 0 Å². The van der Waals surface area contributed by atoms with Crippen LogP contribution in [0, 0.1) is 13.8 Å². The first kappa shape index (κ1) is 15.2. The highest BCUT2D eigenvalue weighted by Crippen LogP contribution is 2.29. The second kappa shape index (κ2) is 6.08. The van der Waals surface area contributed by atoms with Gasteiger partial charge in [0.1, 0.15) is 4.99 Å². The smallest absolute Gasteiger partial charge is 0.107 e. The number of hydrogen-bond donors (Lipinski definition) is 2. The maximum absolute atomic E-state index is 6.10. The summed E-state index contributed by atoms with van der Waals surface area (Å²) in [4.78, 5) is 4.71. The largest absolute Gasteiger partial charge is 0.389 e. The van der Waals surface area contributed by atoms with Crippen molar-refractivity contribution < 1.29 is 0 Å². The van der Waals surface area contributed by atoms with Gasteiger partial charge in [-0.15, -0.1) is 0 Å². The van der Waals surface area contributed by atoms with Gasteiger partial charge in [-0.05, 0) is 54.0 Å². The molecule has 0 aliphatic carbocycles. The average Bonchev–Trinajstić information content (AvgIpc) is 2.32. The molecule has 6 heteroatoms. The first-order chi connectivity index (χ1) is 9.38. The van der Waals surface area contributed by atoms with Gasteiger partial charge in [0.05, 0.1) is 16.3 Å². The van der Waals surface area contributed by atoms with E-state index in [0.29, 0.717) is 10.0 Å². The Labute approximate surface area is 136 Å². The number of rotatable bonds is 3. The Bertz CT molecular complexity index is 688. The standard InChI is InChI=1S/C14H13BrClN3S/c1-7-5-12(13(14(17)20)8(2)18-7)19-9-3-4-10(15)11(16)6-9/h3-6H,1-2H3,(H2,17,20)(H,18,19). The number of anilines is 2. The fourth-order valence-electron chi connectivity index (χ4n) is 1.97. The van der Waals surface area contributed by atoms with Gasteiger partial charge in [0.15, 0.2) is 0 Å². The van der Waals surface area contributed by atoms with Gasteiger partial charge in [-0.1, -0.05) is 23.8 Å². The molecule has 2 aromatic rings. The first-order valence-corrected chi connectivity index (χ1v) is 7.46. The number of thiocarbonyl (C=S) groups is 1. The second-order valence-electron chi connectivity index (χ2n) is 4.39. The van der Waals surface area contributed by atoms with Crippen LogP contribution in [-0.4, -0.2) is 9.97 Å². The fraction of sp³-hybridized carbons (Fsp3) is 0.143. The van der Waals surface area contributed by atoms with Crippen LogP contribution < -0.4 is 11.1 Å². The predicted molar refractivity (Wildman–Crippen MR) is 92.0 cm³/mol. The summed E-state index contributed by atoms with van der Waals surface area (Å²) in [6.07, 6.45) is 0. The third-order valence-electron chi connectivity index (χ3n) is 2.77. The minimum Gasteiger partial charge on any atom is -0.389 e. The minimum atomic E-state index is 0.320. The zero-order valence-corrected chi connectivity index (χ0v) is 14.2. The molecule has 0 saturated carbocycles. The maximum atomic E-state index is 6.10. The van der Waals surface area contributed by atoms with Gasteiger partial charge >= 0.3 is 0 Å². The molecule has 3 nitrogen and oxygen atoms in total. The van der Waals surface area contributed by atoms with Crippen molar-refractivity contribution in [2.24, 2.45) is 5.73 Å². The Hall–Kier alpha value is -1.17. The molecular weight excluding hydrogens is 358 g/mol. The van der Waals surface area contributed by atoms with Crippen molar-refractivity contribution in [1.82, 2.24) is 4.98 Å². The highest BCUT2D eigenvalue weighted by atomic mass is 79.9. The van der Waals surface area contributed by atoms with Crippen LogP contribution in [-0.2, 0) is 0 Å². The van der Waals surface area contributed by atoms with Crippen molar-refractivity contribution in [2.75, 3.05) is 5.32 Å². The highest BCUT2D eigenvalue weighted by Gasteiger charge is 2.11. The molecule has 0 fully saturated rings. The van der Waals surface area contributed by atoms with E-state index in [1.54, 1.807) is 0 Å². The van der Waals surface area contributed by atoms with Crippen LogP contribution in [0.3, 0.4) is 0 Å². The quantitative estimate of drug-likeness (QED) is 0.781. The monoisotopic (exact) mass is 369 g/mol. The number of hydrogen-bond acceptors (Lipinski definition) is 3. The lowest BCUT2D eigenvalue weighted by Crippen LogP contribution is -2.15. The van der Waals surface area contributed by atoms with Crippen molar-refractivity contribution >= 4 is 56.1 Å². The normalized spacial score (nSPS) is 10.4. The number of aromatic nitrogens is 1. The molecule has 0 atom stereocenters. The maximum Gasteiger partial charge on any atom is 0.107 e. The van der Waals surface area contributed by atoms with E-state index in [-0.39, 0.29) is 0 Å². The van der Waals surface area contributed by atoms with Crippen LogP contribution in [0.5, 0.6) is 0 Å². The second-order valence-corrected chi connectivity index (χ2v) is 6.09. The van der Waals surface area contributed by atoms with Gasteiger partial charge in [0.2, 0.25) is 0 Å². The molecule has 1 heterocycles. The number of halogens is 2. The number of benzene rings is 1. The zero-order chi connectivity index (χ0) is 14.9. The molecule has 0 amide bonds. The summed E-state index contributed by atoms with van der Waals surface area (Å²) in [5, 5.41) is 3.92. The Morgan fingerprint density at radius 2 is 2.05 bits per heavy atom. The SMILES string of the molecule is Cc1cc(Nc2ccc(Br)c(Cl)c2)c(C(N)=S)c(C)n1. The van der Waals surface area contributed by atoms with Gasteiger partial charge in [-0.3, -0.25) is 4.98 Å². The van der Waals surface area contributed by atoms with E-state index in [1.165, 1.54) is 0 Å². The number of nitrogens with zero attached hydrogens (tertiary/aromatic N) is 1. The van der Waals surface area contributed by atoms with E-state index in [4.69, 9.17) is 29.6 Å². The van der Waals surface area contributed by atoms with Crippen LogP contribution in [0.25, 0.3) is 0 Å². The summed E-state index contributed by atoms with van der Waals surface area (Å²) in [5.74, 6) is 0.